The fourth-order valence-electron chi connectivity index (χ4n) is 3.30. The molecule has 1 N–H and O–H groups in total. The van der Waals surface area contributed by atoms with Gasteiger partial charge in [0.25, 0.3) is 0 Å². The molecule has 0 bridgehead atoms. The first-order valence-corrected chi connectivity index (χ1v) is 7.43. The number of nitrogens with zero attached hydrogens (tertiary/aromatic N) is 2. The van der Waals surface area contributed by atoms with Crippen LogP contribution in [0.1, 0.15) is 47.1 Å². The second-order valence-corrected chi connectivity index (χ2v) is 5.53. The fourth-order valence-corrected chi connectivity index (χ4v) is 3.30. The third-order valence-corrected chi connectivity index (χ3v) is 4.28. The van der Waals surface area contributed by atoms with E-state index in [-0.39, 0.29) is 17.9 Å². The molecule has 1 aliphatic carbocycles. The molecule has 2 heterocycles. The average Bonchev–Trinajstić information content (AvgIpc) is 2.73. The van der Waals surface area contributed by atoms with Crippen LogP contribution in [0.4, 0.5) is 0 Å². The summed E-state index contributed by atoms with van der Waals surface area (Å²) >= 11 is 0. The molecule has 0 aromatic carbocycles. The van der Waals surface area contributed by atoms with Crippen LogP contribution >= 0.6 is 0 Å². The van der Waals surface area contributed by atoms with Gasteiger partial charge in [0.05, 0.1) is 17.7 Å². The molecule has 1 aliphatic rings. The first-order chi connectivity index (χ1) is 10.1. The Morgan fingerprint density at radius 1 is 1.38 bits per heavy atom. The Morgan fingerprint density at radius 3 is 2.81 bits per heavy atom. The molecule has 5 heteroatoms. The number of aromatic hydroxyl groups is 1. The van der Waals surface area contributed by atoms with E-state index in [2.05, 4.69) is 4.98 Å². The topological polar surface area (TPSA) is 64.3 Å². The van der Waals surface area contributed by atoms with Crippen LogP contribution in [-0.4, -0.2) is 27.2 Å². The molecule has 0 aliphatic heterocycles. The lowest BCUT2D eigenvalue weighted by Crippen LogP contribution is -2.09. The Morgan fingerprint density at radius 2 is 2.10 bits per heavy atom. The van der Waals surface area contributed by atoms with Crippen LogP contribution in [0.3, 0.4) is 0 Å². The quantitative estimate of drug-likeness (QED) is 0.863. The predicted octanol–water partition coefficient (Wildman–Crippen LogP) is 2.64. The number of hydrogen-bond donors (Lipinski definition) is 1. The van der Waals surface area contributed by atoms with Crippen molar-refractivity contribution in [3.05, 3.63) is 22.5 Å². The Bertz CT molecular complexity index is 731. The van der Waals surface area contributed by atoms with E-state index in [0.717, 1.165) is 42.3 Å². The Labute approximate surface area is 123 Å². The van der Waals surface area contributed by atoms with E-state index in [1.807, 2.05) is 11.6 Å². The number of carbonyl (C=O) groups excluding carboxylic acids is 1. The smallest absolute Gasteiger partial charge is 0.343 e. The van der Waals surface area contributed by atoms with Crippen LogP contribution in [0.5, 0.6) is 5.75 Å². The summed E-state index contributed by atoms with van der Waals surface area (Å²) < 4.78 is 7.09. The number of pyridine rings is 1. The molecule has 0 radical (unpaired) electrons. The number of carbonyl (C=O) groups is 1. The molecular formula is C16H20N2O3. The maximum Gasteiger partial charge on any atom is 0.343 e. The van der Waals surface area contributed by atoms with Crippen molar-refractivity contribution in [1.29, 1.82) is 0 Å². The van der Waals surface area contributed by atoms with Crippen LogP contribution in [0.2, 0.25) is 0 Å². The highest BCUT2D eigenvalue weighted by Crippen LogP contribution is 2.38. The standard InChI is InChI=1S/C16H20N2O3/c1-4-21-16(20)12-9(2)17-15-13(14(12)19)10-7-5-6-8-11(10)18(15)3/h4-8H2,1-3H3,(H,17,19). The number of aryl methyl sites for hydroxylation is 3. The van der Waals surface area contributed by atoms with E-state index in [1.165, 1.54) is 5.69 Å². The molecule has 0 atom stereocenters. The van der Waals surface area contributed by atoms with Crippen LogP contribution in [-0.2, 0) is 24.6 Å². The van der Waals surface area contributed by atoms with Crippen molar-refractivity contribution in [1.82, 2.24) is 9.55 Å². The van der Waals surface area contributed by atoms with Crippen LogP contribution in [0.15, 0.2) is 0 Å². The van der Waals surface area contributed by atoms with Gasteiger partial charge in [-0.05, 0) is 45.1 Å². The summed E-state index contributed by atoms with van der Waals surface area (Å²) in [5.74, 6) is -0.481. The number of esters is 1. The number of rotatable bonds is 2. The second-order valence-electron chi connectivity index (χ2n) is 5.53. The lowest BCUT2D eigenvalue weighted by Gasteiger charge is -2.13. The van der Waals surface area contributed by atoms with E-state index in [9.17, 15) is 9.90 Å². The van der Waals surface area contributed by atoms with Gasteiger partial charge in [0, 0.05) is 12.7 Å². The lowest BCUT2D eigenvalue weighted by molar-refractivity contribution is 0.0522. The summed E-state index contributed by atoms with van der Waals surface area (Å²) in [6, 6.07) is 0. The molecule has 0 unspecified atom stereocenters. The minimum absolute atomic E-state index is 0.0229. The van der Waals surface area contributed by atoms with E-state index in [0.29, 0.717) is 5.69 Å². The van der Waals surface area contributed by atoms with Crippen molar-refractivity contribution in [3.63, 3.8) is 0 Å². The second kappa shape index (κ2) is 5.06. The zero-order chi connectivity index (χ0) is 15.1. The minimum Gasteiger partial charge on any atom is -0.506 e. The van der Waals surface area contributed by atoms with E-state index in [1.54, 1.807) is 13.8 Å². The summed E-state index contributed by atoms with van der Waals surface area (Å²) in [4.78, 5) is 16.6. The Kier molecular flexibility index (Phi) is 3.35. The summed E-state index contributed by atoms with van der Waals surface area (Å²) in [6.45, 7) is 3.76. The van der Waals surface area contributed by atoms with Gasteiger partial charge in [0.15, 0.2) is 0 Å². The number of hydrogen-bond acceptors (Lipinski definition) is 4. The van der Waals surface area contributed by atoms with Crippen molar-refractivity contribution < 1.29 is 14.6 Å². The normalized spacial score (nSPS) is 14.2. The SMILES string of the molecule is CCOC(=O)c1c(C)nc2c(c1O)c1c(n2C)CCCC1. The maximum absolute atomic E-state index is 12.1. The third-order valence-electron chi connectivity index (χ3n) is 4.28. The summed E-state index contributed by atoms with van der Waals surface area (Å²) in [7, 11) is 1.97. The molecule has 0 spiro atoms. The summed E-state index contributed by atoms with van der Waals surface area (Å²) in [5.41, 5.74) is 3.82. The highest BCUT2D eigenvalue weighted by molar-refractivity contribution is 6.01. The largest absolute Gasteiger partial charge is 0.506 e. The first-order valence-electron chi connectivity index (χ1n) is 7.43. The zero-order valence-corrected chi connectivity index (χ0v) is 12.7. The molecular weight excluding hydrogens is 268 g/mol. The zero-order valence-electron chi connectivity index (χ0n) is 12.7. The van der Waals surface area contributed by atoms with Gasteiger partial charge >= 0.3 is 5.97 Å². The molecule has 0 saturated carbocycles. The van der Waals surface area contributed by atoms with E-state index >= 15 is 0 Å². The molecule has 0 saturated heterocycles. The Balaban J connectivity index is 2.31. The fraction of sp³-hybridized carbons (Fsp3) is 0.500. The first kappa shape index (κ1) is 13.9. The van der Waals surface area contributed by atoms with Gasteiger partial charge in [0.1, 0.15) is 17.0 Å². The molecule has 3 rings (SSSR count). The van der Waals surface area contributed by atoms with Crippen LogP contribution < -0.4 is 0 Å². The van der Waals surface area contributed by atoms with Crippen molar-refractivity contribution in [3.8, 4) is 5.75 Å². The van der Waals surface area contributed by atoms with E-state index < -0.39 is 5.97 Å². The van der Waals surface area contributed by atoms with Gasteiger partial charge in [-0.1, -0.05) is 0 Å². The summed E-state index contributed by atoms with van der Waals surface area (Å²) in [5, 5.41) is 11.4. The number of aromatic nitrogens is 2. The molecule has 0 amide bonds. The Hall–Kier alpha value is -2.04. The molecule has 0 fully saturated rings. The van der Waals surface area contributed by atoms with E-state index in [4.69, 9.17) is 4.74 Å². The minimum atomic E-state index is -0.504. The molecule has 2 aromatic heterocycles. The monoisotopic (exact) mass is 288 g/mol. The highest BCUT2D eigenvalue weighted by atomic mass is 16.5. The molecule has 2 aromatic rings. The van der Waals surface area contributed by atoms with Gasteiger partial charge in [-0.2, -0.15) is 0 Å². The van der Waals surface area contributed by atoms with Crippen molar-refractivity contribution in [2.24, 2.45) is 7.05 Å². The van der Waals surface area contributed by atoms with Gasteiger partial charge in [-0.15, -0.1) is 0 Å². The van der Waals surface area contributed by atoms with Crippen molar-refractivity contribution in [2.45, 2.75) is 39.5 Å². The lowest BCUT2D eigenvalue weighted by atomic mass is 9.95. The van der Waals surface area contributed by atoms with Gasteiger partial charge in [0.2, 0.25) is 0 Å². The van der Waals surface area contributed by atoms with Gasteiger partial charge < -0.3 is 14.4 Å². The number of ether oxygens (including phenoxy) is 1. The van der Waals surface area contributed by atoms with Crippen LogP contribution in [0, 0.1) is 6.92 Å². The molecule has 21 heavy (non-hydrogen) atoms. The summed E-state index contributed by atoms with van der Waals surface area (Å²) in [6.07, 6.45) is 4.18. The third kappa shape index (κ3) is 1.99. The molecule has 5 nitrogen and oxygen atoms in total. The highest BCUT2D eigenvalue weighted by Gasteiger charge is 2.27. The predicted molar refractivity (Wildman–Crippen MR) is 79.7 cm³/mol. The number of fused-ring (bicyclic) bond motifs is 3. The average molecular weight is 288 g/mol. The van der Waals surface area contributed by atoms with Crippen molar-refractivity contribution in [2.75, 3.05) is 6.61 Å². The maximum atomic E-state index is 12.1. The van der Waals surface area contributed by atoms with Gasteiger partial charge in [-0.3, -0.25) is 0 Å². The van der Waals surface area contributed by atoms with Crippen molar-refractivity contribution >= 4 is 17.0 Å². The van der Waals surface area contributed by atoms with Gasteiger partial charge in [-0.25, -0.2) is 9.78 Å². The van der Waals surface area contributed by atoms with Crippen LogP contribution in [0.25, 0.3) is 11.0 Å². The molecule has 112 valence electrons.